The molecule has 0 aliphatic rings. The maximum Gasteiger partial charge on any atom is 0.293 e. The minimum atomic E-state index is -0.469. The predicted molar refractivity (Wildman–Crippen MR) is 103 cm³/mol. The summed E-state index contributed by atoms with van der Waals surface area (Å²) in [6.45, 7) is 8.03. The monoisotopic (exact) mass is 382 g/mol. The molecular formula is C18H22N8O2. The predicted octanol–water partition coefficient (Wildman–Crippen LogP) is 1.87. The van der Waals surface area contributed by atoms with Crippen LogP contribution in [0.3, 0.4) is 0 Å². The number of hydrogen-bond acceptors (Lipinski definition) is 8. The van der Waals surface area contributed by atoms with Crippen LogP contribution in [0.5, 0.6) is 0 Å². The van der Waals surface area contributed by atoms with E-state index in [0.717, 1.165) is 23.1 Å². The molecule has 0 aliphatic heterocycles. The highest BCUT2D eigenvalue weighted by atomic mass is 16.6. The molecule has 3 aromatic rings. The molecule has 0 spiro atoms. The van der Waals surface area contributed by atoms with Crippen LogP contribution in [0.25, 0.3) is 5.82 Å². The van der Waals surface area contributed by atoms with Crippen LogP contribution in [0.15, 0.2) is 21.9 Å². The van der Waals surface area contributed by atoms with E-state index in [-0.39, 0.29) is 17.3 Å². The van der Waals surface area contributed by atoms with Crippen molar-refractivity contribution in [2.24, 2.45) is 5.10 Å². The van der Waals surface area contributed by atoms with E-state index in [1.54, 1.807) is 6.21 Å². The molecule has 2 heterocycles. The second-order valence-electron chi connectivity index (χ2n) is 6.53. The fourth-order valence-corrected chi connectivity index (χ4v) is 3.05. The molecule has 3 N–H and O–H groups in total. The summed E-state index contributed by atoms with van der Waals surface area (Å²) < 4.78 is 5.97. The van der Waals surface area contributed by atoms with Crippen molar-refractivity contribution >= 4 is 17.9 Å². The third-order valence-electron chi connectivity index (χ3n) is 4.26. The standard InChI is InChI=1S/C18H22N8O2/c1-5-6-14-15(21-25-26(14)17-16(19)23-28-24-17)18(27)22-20-9-13-11(3)7-10(2)8-12(13)4/h7-9H,5-6H2,1-4H3,(H2,19,23)(H,22,27)/b20-9+. The van der Waals surface area contributed by atoms with Crippen molar-refractivity contribution < 1.29 is 9.42 Å². The maximum atomic E-state index is 12.6. The molecule has 0 atom stereocenters. The first-order valence-electron chi connectivity index (χ1n) is 8.86. The molecule has 1 amide bonds. The summed E-state index contributed by atoms with van der Waals surface area (Å²) >= 11 is 0. The van der Waals surface area contributed by atoms with E-state index < -0.39 is 5.91 Å². The lowest BCUT2D eigenvalue weighted by Gasteiger charge is -2.06. The molecule has 146 valence electrons. The van der Waals surface area contributed by atoms with Gasteiger partial charge in [0.15, 0.2) is 5.69 Å². The first kappa shape index (κ1) is 19.2. The summed E-state index contributed by atoms with van der Waals surface area (Å²) in [4.78, 5) is 12.6. The van der Waals surface area contributed by atoms with Crippen molar-refractivity contribution in [3.05, 3.63) is 45.8 Å². The number of nitrogen functional groups attached to an aromatic ring is 1. The molecule has 0 unspecified atom stereocenters. The van der Waals surface area contributed by atoms with Gasteiger partial charge >= 0.3 is 0 Å². The number of aromatic nitrogens is 5. The average molecular weight is 382 g/mol. The van der Waals surface area contributed by atoms with Gasteiger partial charge in [-0.05, 0) is 48.6 Å². The highest BCUT2D eigenvalue weighted by molar-refractivity contribution is 5.94. The number of nitrogens with one attached hydrogen (secondary N) is 1. The first-order chi connectivity index (χ1) is 13.4. The zero-order valence-corrected chi connectivity index (χ0v) is 16.2. The van der Waals surface area contributed by atoms with Gasteiger partial charge in [0.1, 0.15) is 0 Å². The van der Waals surface area contributed by atoms with Crippen LogP contribution in [0.2, 0.25) is 0 Å². The van der Waals surface area contributed by atoms with E-state index in [4.69, 9.17) is 5.73 Å². The van der Waals surface area contributed by atoms with Gasteiger partial charge in [0, 0.05) is 5.56 Å². The van der Waals surface area contributed by atoms with E-state index in [1.807, 2.05) is 27.7 Å². The van der Waals surface area contributed by atoms with Gasteiger partial charge in [-0.3, -0.25) is 4.79 Å². The summed E-state index contributed by atoms with van der Waals surface area (Å²) in [7, 11) is 0. The van der Waals surface area contributed by atoms with Gasteiger partial charge in [-0.25, -0.2) is 10.1 Å². The molecule has 0 bridgehead atoms. The smallest absolute Gasteiger partial charge is 0.293 e. The third-order valence-corrected chi connectivity index (χ3v) is 4.26. The largest absolute Gasteiger partial charge is 0.378 e. The van der Waals surface area contributed by atoms with Crippen LogP contribution in [0.4, 0.5) is 5.82 Å². The van der Waals surface area contributed by atoms with Crippen molar-refractivity contribution in [3.63, 3.8) is 0 Å². The van der Waals surface area contributed by atoms with Crippen LogP contribution in [-0.2, 0) is 6.42 Å². The van der Waals surface area contributed by atoms with Crippen LogP contribution in [0.1, 0.15) is 51.8 Å². The molecule has 0 saturated carbocycles. The summed E-state index contributed by atoms with van der Waals surface area (Å²) in [6.07, 6.45) is 2.94. The quantitative estimate of drug-likeness (QED) is 0.490. The zero-order valence-electron chi connectivity index (χ0n) is 16.2. The minimum absolute atomic E-state index is 0.0672. The molecule has 10 heteroatoms. The first-order valence-corrected chi connectivity index (χ1v) is 8.86. The number of anilines is 1. The summed E-state index contributed by atoms with van der Waals surface area (Å²) in [5, 5.41) is 19.3. The Bertz CT molecular complexity index is 1010. The number of carbonyl (C=O) groups excluding carboxylic acids is 1. The van der Waals surface area contributed by atoms with Crippen molar-refractivity contribution in [1.29, 1.82) is 0 Å². The number of nitrogens with zero attached hydrogens (tertiary/aromatic N) is 6. The number of amides is 1. The lowest BCUT2D eigenvalue weighted by atomic mass is 10.0. The number of hydrogen-bond donors (Lipinski definition) is 2. The number of nitrogens with two attached hydrogens (primary N) is 1. The van der Waals surface area contributed by atoms with Gasteiger partial charge in [0.2, 0.25) is 11.6 Å². The SMILES string of the molecule is CCCc1c(C(=O)N/N=C/c2c(C)cc(C)cc2C)nnn1-c1nonc1N. The van der Waals surface area contributed by atoms with Crippen LogP contribution >= 0.6 is 0 Å². The Morgan fingerprint density at radius 2 is 2.00 bits per heavy atom. The Labute approximate surface area is 161 Å². The minimum Gasteiger partial charge on any atom is -0.378 e. The molecule has 3 rings (SSSR count). The molecule has 10 nitrogen and oxygen atoms in total. The van der Waals surface area contributed by atoms with Crippen molar-refractivity contribution in [2.45, 2.75) is 40.5 Å². The highest BCUT2D eigenvalue weighted by Crippen LogP contribution is 2.17. The highest BCUT2D eigenvalue weighted by Gasteiger charge is 2.23. The van der Waals surface area contributed by atoms with Crippen LogP contribution in [-0.4, -0.2) is 37.4 Å². The fourth-order valence-electron chi connectivity index (χ4n) is 3.05. The lowest BCUT2D eigenvalue weighted by Crippen LogP contribution is -2.20. The van der Waals surface area contributed by atoms with Gasteiger partial charge in [-0.2, -0.15) is 9.78 Å². The van der Waals surface area contributed by atoms with Crippen LogP contribution in [0, 0.1) is 20.8 Å². The van der Waals surface area contributed by atoms with E-state index in [2.05, 4.69) is 47.9 Å². The topological polar surface area (TPSA) is 137 Å². The molecule has 1 aromatic carbocycles. The van der Waals surface area contributed by atoms with Crippen molar-refractivity contribution in [1.82, 2.24) is 30.7 Å². The number of hydrazone groups is 1. The Hall–Kier alpha value is -3.56. The second-order valence-corrected chi connectivity index (χ2v) is 6.53. The molecule has 0 fully saturated rings. The summed E-state index contributed by atoms with van der Waals surface area (Å²) in [6, 6.07) is 4.13. The molecule has 28 heavy (non-hydrogen) atoms. The molecule has 0 aliphatic carbocycles. The van der Waals surface area contributed by atoms with Gasteiger partial charge in [0.25, 0.3) is 5.91 Å². The number of carbonyl (C=O) groups is 1. The molecular weight excluding hydrogens is 360 g/mol. The number of aryl methyl sites for hydroxylation is 3. The van der Waals surface area contributed by atoms with Crippen molar-refractivity contribution in [3.8, 4) is 5.82 Å². The van der Waals surface area contributed by atoms with Gasteiger partial charge < -0.3 is 5.73 Å². The fraction of sp³-hybridized carbons (Fsp3) is 0.333. The van der Waals surface area contributed by atoms with Gasteiger partial charge in [-0.15, -0.1) is 5.10 Å². The van der Waals surface area contributed by atoms with Gasteiger partial charge in [-0.1, -0.05) is 36.3 Å². The molecule has 0 saturated heterocycles. The second kappa shape index (κ2) is 7.99. The average Bonchev–Trinajstić information content (AvgIpc) is 3.23. The lowest BCUT2D eigenvalue weighted by molar-refractivity contribution is 0.0949. The van der Waals surface area contributed by atoms with E-state index in [9.17, 15) is 4.79 Å². The van der Waals surface area contributed by atoms with Gasteiger partial charge in [0.05, 0.1) is 11.9 Å². The summed E-state index contributed by atoms with van der Waals surface area (Å²) in [5.74, 6) is -0.203. The Morgan fingerprint density at radius 3 is 2.61 bits per heavy atom. The van der Waals surface area contributed by atoms with Crippen molar-refractivity contribution in [2.75, 3.05) is 5.73 Å². The normalized spacial score (nSPS) is 11.3. The zero-order chi connectivity index (χ0) is 20.3. The van der Waals surface area contributed by atoms with Crippen LogP contribution < -0.4 is 11.2 Å². The van der Waals surface area contributed by atoms with E-state index in [1.165, 1.54) is 10.2 Å². The summed E-state index contributed by atoms with van der Waals surface area (Å²) in [5.41, 5.74) is 13.3. The number of benzene rings is 1. The Kier molecular flexibility index (Phi) is 5.48. The maximum absolute atomic E-state index is 12.6. The van der Waals surface area contributed by atoms with E-state index in [0.29, 0.717) is 12.1 Å². The molecule has 2 aromatic heterocycles. The van der Waals surface area contributed by atoms with E-state index >= 15 is 0 Å². The molecule has 0 radical (unpaired) electrons. The third kappa shape index (κ3) is 3.75. The Balaban J connectivity index is 1.83. The Morgan fingerprint density at radius 1 is 1.29 bits per heavy atom. The number of rotatable bonds is 6.